The molecule has 0 fully saturated rings. The van der Waals surface area contributed by atoms with E-state index in [4.69, 9.17) is 4.74 Å². The molecule has 0 saturated carbocycles. The molecule has 2 rings (SSSR count). The van der Waals surface area contributed by atoms with Gasteiger partial charge in [0, 0.05) is 5.56 Å². The minimum atomic E-state index is -0.0234. The Morgan fingerprint density at radius 2 is 1.89 bits per heavy atom. The first kappa shape index (κ1) is 13.1. The van der Waals surface area contributed by atoms with Crippen LogP contribution in [-0.4, -0.2) is 5.11 Å². The molecule has 2 aromatic carbocycles. The average molecular weight is 307 g/mol. The molecule has 0 atom stereocenters. The molecule has 0 spiro atoms. The van der Waals surface area contributed by atoms with Gasteiger partial charge < -0.3 is 9.84 Å². The van der Waals surface area contributed by atoms with Crippen LogP contribution in [0.25, 0.3) is 0 Å². The van der Waals surface area contributed by atoms with Crippen molar-refractivity contribution in [2.24, 2.45) is 0 Å². The van der Waals surface area contributed by atoms with Crippen LogP contribution in [0.3, 0.4) is 0 Å². The van der Waals surface area contributed by atoms with Gasteiger partial charge in [-0.15, -0.1) is 0 Å². The molecule has 0 aliphatic heterocycles. The van der Waals surface area contributed by atoms with Crippen LogP contribution in [0.1, 0.15) is 16.7 Å². The van der Waals surface area contributed by atoms with Gasteiger partial charge in [0.25, 0.3) is 0 Å². The Hall–Kier alpha value is -1.32. The Morgan fingerprint density at radius 1 is 1.17 bits per heavy atom. The summed E-state index contributed by atoms with van der Waals surface area (Å²) < 4.78 is 6.67. The first-order valence-corrected chi connectivity index (χ1v) is 6.56. The minimum Gasteiger partial charge on any atom is -0.487 e. The number of ether oxygens (including phenoxy) is 1. The van der Waals surface area contributed by atoms with Crippen molar-refractivity contribution in [3.8, 4) is 5.75 Å². The molecule has 0 aliphatic rings. The molecule has 0 heterocycles. The van der Waals surface area contributed by atoms with E-state index in [0.717, 1.165) is 21.2 Å². The maximum absolute atomic E-state index is 9.36. The van der Waals surface area contributed by atoms with Crippen molar-refractivity contribution in [1.29, 1.82) is 0 Å². The Labute approximate surface area is 115 Å². The number of rotatable bonds is 4. The second-order valence-corrected chi connectivity index (χ2v) is 5.02. The van der Waals surface area contributed by atoms with Gasteiger partial charge >= 0.3 is 0 Å². The minimum absolute atomic E-state index is 0.0234. The Balaban J connectivity index is 2.19. The number of aryl methyl sites for hydroxylation is 1. The van der Waals surface area contributed by atoms with Crippen LogP contribution in [0.5, 0.6) is 5.75 Å². The smallest absolute Gasteiger partial charge is 0.139 e. The van der Waals surface area contributed by atoms with Crippen molar-refractivity contribution >= 4 is 15.9 Å². The third kappa shape index (κ3) is 3.12. The highest BCUT2D eigenvalue weighted by Crippen LogP contribution is 2.31. The van der Waals surface area contributed by atoms with Crippen LogP contribution in [0.4, 0.5) is 0 Å². The van der Waals surface area contributed by atoms with Crippen LogP contribution in [0.2, 0.25) is 0 Å². The SMILES string of the molecule is Cc1cc(Br)c(OCc2ccccc2)c(CO)c1. The highest BCUT2D eigenvalue weighted by molar-refractivity contribution is 9.10. The summed E-state index contributed by atoms with van der Waals surface area (Å²) in [4.78, 5) is 0. The number of halogens is 1. The zero-order valence-corrected chi connectivity index (χ0v) is 11.8. The largest absolute Gasteiger partial charge is 0.487 e. The lowest BCUT2D eigenvalue weighted by Crippen LogP contribution is -2.00. The van der Waals surface area contributed by atoms with Gasteiger partial charge in [-0.05, 0) is 46.1 Å². The quantitative estimate of drug-likeness (QED) is 0.930. The van der Waals surface area contributed by atoms with Gasteiger partial charge in [-0.1, -0.05) is 30.3 Å². The van der Waals surface area contributed by atoms with E-state index in [1.807, 2.05) is 49.4 Å². The van der Waals surface area contributed by atoms with Crippen LogP contribution < -0.4 is 4.74 Å². The van der Waals surface area contributed by atoms with Gasteiger partial charge in [0.1, 0.15) is 12.4 Å². The first-order valence-electron chi connectivity index (χ1n) is 5.77. The fourth-order valence-corrected chi connectivity index (χ4v) is 2.54. The fraction of sp³-hybridized carbons (Fsp3) is 0.200. The summed E-state index contributed by atoms with van der Waals surface area (Å²) in [6.45, 7) is 2.46. The highest BCUT2D eigenvalue weighted by atomic mass is 79.9. The summed E-state index contributed by atoms with van der Waals surface area (Å²) in [6, 6.07) is 13.9. The van der Waals surface area contributed by atoms with E-state index < -0.39 is 0 Å². The predicted molar refractivity (Wildman–Crippen MR) is 75.6 cm³/mol. The molecule has 94 valence electrons. The van der Waals surface area contributed by atoms with Gasteiger partial charge in [-0.25, -0.2) is 0 Å². The third-order valence-corrected chi connectivity index (χ3v) is 3.25. The molecule has 0 amide bonds. The van der Waals surface area contributed by atoms with E-state index >= 15 is 0 Å². The van der Waals surface area contributed by atoms with E-state index in [-0.39, 0.29) is 6.61 Å². The summed E-state index contributed by atoms with van der Waals surface area (Å²) in [5.74, 6) is 0.715. The fourth-order valence-electron chi connectivity index (χ4n) is 1.81. The third-order valence-electron chi connectivity index (χ3n) is 2.66. The van der Waals surface area contributed by atoms with Gasteiger partial charge in [0.15, 0.2) is 0 Å². The Morgan fingerprint density at radius 3 is 2.56 bits per heavy atom. The van der Waals surface area contributed by atoms with Crippen molar-refractivity contribution in [1.82, 2.24) is 0 Å². The van der Waals surface area contributed by atoms with Gasteiger partial charge in [0.2, 0.25) is 0 Å². The van der Waals surface area contributed by atoms with E-state index in [1.165, 1.54) is 0 Å². The molecular formula is C15H15BrO2. The molecule has 1 N–H and O–H groups in total. The van der Waals surface area contributed by atoms with Crippen LogP contribution in [0, 0.1) is 6.92 Å². The van der Waals surface area contributed by atoms with Gasteiger partial charge in [-0.2, -0.15) is 0 Å². The first-order chi connectivity index (χ1) is 8.70. The molecule has 2 aromatic rings. The highest BCUT2D eigenvalue weighted by Gasteiger charge is 2.09. The van der Waals surface area contributed by atoms with Gasteiger partial charge in [-0.3, -0.25) is 0 Å². The van der Waals surface area contributed by atoms with Crippen LogP contribution in [-0.2, 0) is 13.2 Å². The second kappa shape index (κ2) is 6.03. The molecule has 0 bridgehead atoms. The lowest BCUT2D eigenvalue weighted by atomic mass is 10.1. The molecule has 0 aromatic heterocycles. The number of hydrogen-bond donors (Lipinski definition) is 1. The zero-order valence-electron chi connectivity index (χ0n) is 10.2. The van der Waals surface area contributed by atoms with E-state index in [0.29, 0.717) is 12.4 Å². The molecular weight excluding hydrogens is 292 g/mol. The molecule has 0 radical (unpaired) electrons. The number of aliphatic hydroxyl groups is 1. The van der Waals surface area contributed by atoms with E-state index in [1.54, 1.807) is 0 Å². The standard InChI is InChI=1S/C15H15BrO2/c1-11-7-13(9-17)15(14(16)8-11)18-10-12-5-3-2-4-6-12/h2-8,17H,9-10H2,1H3. The van der Waals surface area contributed by atoms with Crippen molar-refractivity contribution < 1.29 is 9.84 Å². The van der Waals surface area contributed by atoms with Crippen LogP contribution in [0.15, 0.2) is 46.9 Å². The van der Waals surface area contributed by atoms with Crippen molar-refractivity contribution in [2.45, 2.75) is 20.1 Å². The molecule has 0 aliphatic carbocycles. The van der Waals surface area contributed by atoms with E-state index in [2.05, 4.69) is 15.9 Å². The Bertz CT molecular complexity index is 524. The van der Waals surface area contributed by atoms with Crippen LogP contribution >= 0.6 is 15.9 Å². The summed E-state index contributed by atoms with van der Waals surface area (Å²) in [6.07, 6.45) is 0. The summed E-state index contributed by atoms with van der Waals surface area (Å²) in [7, 11) is 0. The molecule has 0 unspecified atom stereocenters. The van der Waals surface area contributed by atoms with Crippen molar-refractivity contribution in [2.75, 3.05) is 0 Å². The number of aliphatic hydroxyl groups excluding tert-OH is 1. The summed E-state index contributed by atoms with van der Waals surface area (Å²) >= 11 is 3.48. The Kier molecular flexibility index (Phi) is 4.39. The molecule has 3 heteroatoms. The average Bonchev–Trinajstić information content (AvgIpc) is 2.38. The van der Waals surface area contributed by atoms with Gasteiger partial charge in [0.05, 0.1) is 11.1 Å². The monoisotopic (exact) mass is 306 g/mol. The van der Waals surface area contributed by atoms with Crippen molar-refractivity contribution in [3.05, 3.63) is 63.6 Å². The number of benzene rings is 2. The van der Waals surface area contributed by atoms with Crippen molar-refractivity contribution in [3.63, 3.8) is 0 Å². The topological polar surface area (TPSA) is 29.5 Å². The normalized spacial score (nSPS) is 10.4. The lowest BCUT2D eigenvalue weighted by molar-refractivity contribution is 0.258. The maximum Gasteiger partial charge on any atom is 0.139 e. The maximum atomic E-state index is 9.36. The molecule has 18 heavy (non-hydrogen) atoms. The summed E-state index contributed by atoms with van der Waals surface area (Å²) in [5.41, 5.74) is 3.00. The number of hydrogen-bond acceptors (Lipinski definition) is 2. The van der Waals surface area contributed by atoms with E-state index in [9.17, 15) is 5.11 Å². The second-order valence-electron chi connectivity index (χ2n) is 4.17. The molecule has 2 nitrogen and oxygen atoms in total. The zero-order chi connectivity index (χ0) is 13.0. The predicted octanol–water partition coefficient (Wildman–Crippen LogP) is 3.83. The lowest BCUT2D eigenvalue weighted by Gasteiger charge is -2.13. The summed E-state index contributed by atoms with van der Waals surface area (Å²) in [5, 5.41) is 9.36. The molecule has 0 saturated heterocycles.